The van der Waals surface area contributed by atoms with Crippen molar-refractivity contribution >= 4 is 38.6 Å². The highest BCUT2D eigenvalue weighted by atomic mass is 15.2. The molecule has 6 rings (SSSR count). The summed E-state index contributed by atoms with van der Waals surface area (Å²) in [7, 11) is 0. The second-order valence-corrected chi connectivity index (χ2v) is 13.4. The third kappa shape index (κ3) is 4.67. The van der Waals surface area contributed by atoms with Crippen LogP contribution in [0.1, 0.15) is 65.0 Å². The van der Waals surface area contributed by atoms with E-state index in [1.807, 2.05) is 0 Å². The van der Waals surface area contributed by atoms with Gasteiger partial charge in [0.05, 0.1) is 5.41 Å². The van der Waals surface area contributed by atoms with Crippen LogP contribution in [0.25, 0.3) is 21.5 Å². The molecule has 44 heavy (non-hydrogen) atoms. The van der Waals surface area contributed by atoms with Crippen LogP contribution >= 0.6 is 0 Å². The van der Waals surface area contributed by atoms with E-state index in [1.54, 1.807) is 0 Å². The molecule has 2 atom stereocenters. The Balaban J connectivity index is 1.52. The fourth-order valence-electron chi connectivity index (χ4n) is 7.98. The van der Waals surface area contributed by atoms with E-state index < -0.39 is 0 Å². The molecule has 4 aromatic rings. The molecular weight excluding hydrogens is 532 g/mol. The molecule has 0 aliphatic carbocycles. The number of benzene rings is 4. The molecule has 2 aliphatic heterocycles. The van der Waals surface area contributed by atoms with Crippen LogP contribution in [0, 0.1) is 5.92 Å². The van der Waals surface area contributed by atoms with Gasteiger partial charge in [0.15, 0.2) is 5.71 Å². The first-order valence-corrected chi connectivity index (χ1v) is 16.4. The van der Waals surface area contributed by atoms with Gasteiger partial charge in [0, 0.05) is 47.5 Å². The zero-order chi connectivity index (χ0) is 31.1. The maximum Gasteiger partial charge on any atom is 0.210 e. The van der Waals surface area contributed by atoms with Crippen LogP contribution in [-0.2, 0) is 10.8 Å². The standard InChI is InChI=1S/C42H47N2/c1-8-27-41(6)37(43(10-3)35-24-22-31-16-11-13-18-33(31)39(35)41)20-15-21-38-42(7,28-9-2)40-34-19-14-12-17-32(34)23-25-36(40)44(38)29-26-30(4)5/h8-9,11-25,30H,1-2,10,26-29H2,3-7H3/q+1. The van der Waals surface area contributed by atoms with Gasteiger partial charge in [-0.25, -0.2) is 0 Å². The van der Waals surface area contributed by atoms with Crippen LogP contribution in [0.4, 0.5) is 11.4 Å². The van der Waals surface area contributed by atoms with Crippen molar-refractivity contribution in [2.75, 3.05) is 18.0 Å². The predicted octanol–water partition coefficient (Wildman–Crippen LogP) is 10.8. The lowest BCUT2D eigenvalue weighted by atomic mass is 9.74. The summed E-state index contributed by atoms with van der Waals surface area (Å²) < 4.78 is 2.59. The van der Waals surface area contributed by atoms with E-state index in [0.29, 0.717) is 5.92 Å². The topological polar surface area (TPSA) is 6.25 Å². The predicted molar refractivity (Wildman–Crippen MR) is 192 cm³/mol. The van der Waals surface area contributed by atoms with E-state index in [9.17, 15) is 0 Å². The van der Waals surface area contributed by atoms with E-state index in [4.69, 9.17) is 0 Å². The second kappa shape index (κ2) is 11.7. The first kappa shape index (κ1) is 29.9. The summed E-state index contributed by atoms with van der Waals surface area (Å²) >= 11 is 0. The van der Waals surface area contributed by atoms with Crippen molar-refractivity contribution in [1.82, 2.24) is 0 Å². The van der Waals surface area contributed by atoms with Crippen molar-refractivity contribution in [3.05, 3.63) is 133 Å². The van der Waals surface area contributed by atoms with Crippen LogP contribution in [0.5, 0.6) is 0 Å². The van der Waals surface area contributed by atoms with Crippen molar-refractivity contribution in [3.8, 4) is 0 Å². The first-order valence-electron chi connectivity index (χ1n) is 16.4. The van der Waals surface area contributed by atoms with Crippen LogP contribution < -0.4 is 4.90 Å². The maximum absolute atomic E-state index is 4.22. The van der Waals surface area contributed by atoms with Gasteiger partial charge in [-0.05, 0) is 84.8 Å². The molecule has 2 nitrogen and oxygen atoms in total. The molecule has 0 spiro atoms. The van der Waals surface area contributed by atoms with Gasteiger partial charge >= 0.3 is 0 Å². The molecule has 4 aromatic carbocycles. The minimum Gasteiger partial charge on any atom is -0.344 e. The number of allylic oxidation sites excluding steroid dienone is 6. The van der Waals surface area contributed by atoms with Crippen LogP contribution in [-0.4, -0.2) is 23.4 Å². The number of hydrogen-bond acceptors (Lipinski definition) is 1. The van der Waals surface area contributed by atoms with E-state index in [1.165, 1.54) is 55.5 Å². The fraction of sp³-hybridized carbons (Fsp3) is 0.310. The van der Waals surface area contributed by atoms with E-state index in [2.05, 4.69) is 160 Å². The molecule has 0 saturated carbocycles. The Labute approximate surface area is 264 Å². The summed E-state index contributed by atoms with van der Waals surface area (Å²) in [5.74, 6) is 0.627. The van der Waals surface area contributed by atoms with Crippen LogP contribution in [0.15, 0.2) is 122 Å². The zero-order valence-corrected chi connectivity index (χ0v) is 27.2. The molecule has 0 amide bonds. The molecule has 224 valence electrons. The van der Waals surface area contributed by atoms with E-state index >= 15 is 0 Å². The molecule has 0 radical (unpaired) electrons. The number of likely N-dealkylation sites (N-methyl/N-ethyl adjacent to an activating group) is 1. The van der Waals surface area contributed by atoms with Crippen molar-refractivity contribution in [2.24, 2.45) is 5.92 Å². The fourth-order valence-corrected chi connectivity index (χ4v) is 7.98. The molecule has 2 heteroatoms. The summed E-state index contributed by atoms with van der Waals surface area (Å²) in [6, 6.07) is 26.9. The average Bonchev–Trinajstić information content (AvgIpc) is 3.40. The molecule has 0 bridgehead atoms. The summed E-state index contributed by atoms with van der Waals surface area (Å²) in [5, 5.41) is 5.28. The van der Waals surface area contributed by atoms with Gasteiger partial charge in [-0.2, -0.15) is 4.58 Å². The summed E-state index contributed by atoms with van der Waals surface area (Å²) in [5.41, 5.74) is 7.86. The molecular formula is C42H47N2+. The maximum atomic E-state index is 4.22. The Bertz CT molecular complexity index is 1850. The molecule has 0 N–H and O–H groups in total. The molecule has 2 aliphatic rings. The lowest BCUT2D eigenvalue weighted by molar-refractivity contribution is -0.439. The highest BCUT2D eigenvalue weighted by Gasteiger charge is 2.48. The normalized spacial score (nSPS) is 22.1. The Kier molecular flexibility index (Phi) is 7.97. The van der Waals surface area contributed by atoms with Crippen molar-refractivity contribution in [1.29, 1.82) is 0 Å². The number of anilines is 1. The number of fused-ring (bicyclic) bond motifs is 6. The monoisotopic (exact) mass is 579 g/mol. The molecule has 0 fully saturated rings. The van der Waals surface area contributed by atoms with Crippen LogP contribution in [0.3, 0.4) is 0 Å². The Morgan fingerprint density at radius 3 is 2.05 bits per heavy atom. The largest absolute Gasteiger partial charge is 0.344 e. The third-order valence-corrected chi connectivity index (χ3v) is 10.1. The minimum atomic E-state index is -0.173. The summed E-state index contributed by atoms with van der Waals surface area (Å²) in [4.78, 5) is 2.51. The quantitative estimate of drug-likeness (QED) is 0.134. The summed E-state index contributed by atoms with van der Waals surface area (Å²) in [6.45, 7) is 22.1. The SMILES string of the molecule is C=CCC1(C)C(=CC=CC2=[N+](CCC(C)C)c3ccc4ccccc4c3C2(C)CC=C)N(CC)c2ccc3ccccc3c21. The minimum absolute atomic E-state index is 0.167. The molecule has 0 aromatic heterocycles. The van der Waals surface area contributed by atoms with Gasteiger partial charge in [0.2, 0.25) is 5.69 Å². The Morgan fingerprint density at radius 2 is 1.41 bits per heavy atom. The number of rotatable bonds is 10. The summed E-state index contributed by atoms with van der Waals surface area (Å²) in [6.07, 6.45) is 14.2. The van der Waals surface area contributed by atoms with Gasteiger partial charge in [0.25, 0.3) is 0 Å². The number of nitrogens with zero attached hydrogens (tertiary/aromatic N) is 2. The van der Waals surface area contributed by atoms with Gasteiger partial charge in [-0.3, -0.25) is 0 Å². The second-order valence-electron chi connectivity index (χ2n) is 13.4. The number of hydrogen-bond donors (Lipinski definition) is 0. The molecule has 0 saturated heterocycles. The van der Waals surface area contributed by atoms with Crippen molar-refractivity contribution in [3.63, 3.8) is 0 Å². The average molecular weight is 580 g/mol. The smallest absolute Gasteiger partial charge is 0.210 e. The Morgan fingerprint density at radius 1 is 0.795 bits per heavy atom. The lowest BCUT2D eigenvalue weighted by Crippen LogP contribution is -2.31. The lowest BCUT2D eigenvalue weighted by Gasteiger charge is -2.29. The molecule has 2 heterocycles. The van der Waals surface area contributed by atoms with Gasteiger partial charge < -0.3 is 4.90 Å². The Hall–Kier alpha value is -4.17. The van der Waals surface area contributed by atoms with E-state index in [-0.39, 0.29) is 10.8 Å². The zero-order valence-electron chi connectivity index (χ0n) is 27.2. The van der Waals surface area contributed by atoms with Crippen molar-refractivity contribution in [2.45, 2.75) is 64.7 Å². The third-order valence-electron chi connectivity index (χ3n) is 10.1. The van der Waals surface area contributed by atoms with Gasteiger partial charge in [0.1, 0.15) is 6.54 Å². The van der Waals surface area contributed by atoms with Gasteiger partial charge in [-0.15, -0.1) is 13.2 Å². The first-order chi connectivity index (χ1) is 21.3. The van der Waals surface area contributed by atoms with Crippen molar-refractivity contribution < 1.29 is 4.58 Å². The molecule has 2 unspecified atom stereocenters. The highest BCUT2D eigenvalue weighted by molar-refractivity contribution is 6.08. The highest BCUT2D eigenvalue weighted by Crippen LogP contribution is 2.53. The van der Waals surface area contributed by atoms with E-state index in [0.717, 1.165) is 32.4 Å². The van der Waals surface area contributed by atoms with Gasteiger partial charge in [-0.1, -0.05) is 86.7 Å². The van der Waals surface area contributed by atoms with Crippen LogP contribution in [0.2, 0.25) is 0 Å².